The van der Waals surface area contributed by atoms with Crippen molar-refractivity contribution in [1.82, 2.24) is 9.80 Å². The highest BCUT2D eigenvalue weighted by Gasteiger charge is 2.56. The Hall–Kier alpha value is -2.20. The number of nitrogens with zero attached hydrogens (tertiary/aromatic N) is 2. The lowest BCUT2D eigenvalue weighted by atomic mass is 9.52. The molecule has 0 radical (unpaired) electrons. The van der Waals surface area contributed by atoms with Crippen LogP contribution in [0.1, 0.15) is 68.9 Å². The fourth-order valence-corrected chi connectivity index (χ4v) is 8.51. The molecule has 1 aliphatic heterocycles. The lowest BCUT2D eigenvalue weighted by molar-refractivity contribution is -0.143. The summed E-state index contributed by atoms with van der Waals surface area (Å²) in [6.07, 6.45) is 8.43. The third-order valence-electron chi connectivity index (χ3n) is 10.6. The number of piperazine rings is 1. The summed E-state index contributed by atoms with van der Waals surface area (Å²) in [4.78, 5) is 27.2. The van der Waals surface area contributed by atoms with Crippen LogP contribution < -0.4 is 0 Å². The van der Waals surface area contributed by atoms with Crippen LogP contribution in [-0.2, 0) is 25.5 Å². The number of amides is 1. The molecular formula is C32H48N2O7. The van der Waals surface area contributed by atoms with Gasteiger partial charge in [-0.05, 0) is 104 Å². The molecule has 9 heteroatoms. The number of hydrogen-bond donors (Lipinski definition) is 3. The van der Waals surface area contributed by atoms with Gasteiger partial charge in [0.05, 0.1) is 32.5 Å². The maximum atomic E-state index is 12.7. The van der Waals surface area contributed by atoms with Crippen molar-refractivity contribution in [2.45, 2.75) is 70.3 Å². The second-order valence-electron chi connectivity index (χ2n) is 13.0. The molecule has 1 amide bonds. The minimum atomic E-state index is -0.996. The molecule has 0 spiro atoms. The van der Waals surface area contributed by atoms with Gasteiger partial charge < -0.3 is 29.7 Å². The quantitative estimate of drug-likeness (QED) is 0.308. The minimum Gasteiger partial charge on any atom is -0.508 e. The second kappa shape index (κ2) is 13.4. The highest BCUT2D eigenvalue weighted by atomic mass is 16.5. The van der Waals surface area contributed by atoms with Gasteiger partial charge in [0, 0.05) is 19.6 Å². The molecule has 0 unspecified atom stereocenters. The molecule has 1 saturated heterocycles. The average molecular weight is 573 g/mol. The molecule has 1 aromatic rings. The number of phenols is 1. The normalized spacial score (nSPS) is 31.5. The number of benzene rings is 1. The van der Waals surface area contributed by atoms with E-state index in [1.54, 1.807) is 0 Å². The Bertz CT molecular complexity index is 1070. The van der Waals surface area contributed by atoms with Crippen LogP contribution in [0, 0.1) is 23.2 Å². The Labute approximate surface area is 243 Å². The van der Waals surface area contributed by atoms with E-state index in [0.717, 1.165) is 64.5 Å². The van der Waals surface area contributed by atoms with E-state index in [1.165, 1.54) is 11.1 Å². The number of aromatic hydroxyl groups is 1. The zero-order valence-corrected chi connectivity index (χ0v) is 24.5. The van der Waals surface area contributed by atoms with E-state index in [0.29, 0.717) is 62.3 Å². The van der Waals surface area contributed by atoms with Gasteiger partial charge in [-0.25, -0.2) is 4.79 Å². The van der Waals surface area contributed by atoms with E-state index in [-0.39, 0.29) is 30.6 Å². The van der Waals surface area contributed by atoms with Gasteiger partial charge in [0.25, 0.3) is 0 Å². The molecule has 2 saturated carbocycles. The first-order valence-corrected chi connectivity index (χ1v) is 15.6. The first-order valence-electron chi connectivity index (χ1n) is 15.6. The molecule has 3 fully saturated rings. The summed E-state index contributed by atoms with van der Waals surface area (Å²) >= 11 is 0. The van der Waals surface area contributed by atoms with Gasteiger partial charge in [0.1, 0.15) is 12.4 Å². The van der Waals surface area contributed by atoms with Gasteiger partial charge >= 0.3 is 5.97 Å². The molecule has 1 aromatic carbocycles. The lowest BCUT2D eigenvalue weighted by Crippen LogP contribution is -2.51. The number of carboxylic acids is 1. The number of rotatable bonds is 13. The zero-order chi connectivity index (χ0) is 29.0. The number of hydrogen-bond acceptors (Lipinski definition) is 7. The van der Waals surface area contributed by atoms with Gasteiger partial charge in [-0.3, -0.25) is 9.69 Å². The standard InChI is InChI=1S/C32H48N2O7/c1-32-10-9-26-25-6-5-24(35)19-23(25)18-22(31(26)27(32)7-8-28(32)36)4-2-3-11-33-12-13-34(29(37)20-33)14-15-40-16-17-41-21-30(38)39/h5-6,19,22,26-28,31,35-36H,2-4,7-18,20-21H2,1H3,(H,38,39)/t22-,26-,27+,28+,31-,32+/m1/s1. The molecule has 3 N–H and O–H groups in total. The number of aliphatic hydroxyl groups excluding tert-OH is 1. The average Bonchev–Trinajstić information content (AvgIpc) is 3.25. The largest absolute Gasteiger partial charge is 0.508 e. The van der Waals surface area contributed by atoms with E-state index in [1.807, 2.05) is 17.0 Å². The predicted molar refractivity (Wildman–Crippen MR) is 154 cm³/mol. The first-order chi connectivity index (χ1) is 19.8. The summed E-state index contributed by atoms with van der Waals surface area (Å²) in [6, 6.07) is 5.99. The zero-order valence-electron chi connectivity index (χ0n) is 24.5. The molecule has 6 atom stereocenters. The summed E-state index contributed by atoms with van der Waals surface area (Å²) in [5.41, 5.74) is 2.78. The summed E-state index contributed by atoms with van der Waals surface area (Å²) in [5, 5.41) is 29.7. The van der Waals surface area contributed by atoms with Gasteiger partial charge in [0.2, 0.25) is 5.91 Å². The molecule has 0 aromatic heterocycles. The van der Waals surface area contributed by atoms with Crippen molar-refractivity contribution < 1.29 is 34.4 Å². The Kier molecular flexibility index (Phi) is 9.89. The van der Waals surface area contributed by atoms with E-state index in [9.17, 15) is 19.8 Å². The SMILES string of the molecule is C[C@]12CC[C@@H]3c4ccc(O)cc4C[C@@H](CCCCN4CCN(CCOCCOCC(=O)O)C(=O)C4)[C@H]3[C@@H]1CC[C@@H]2O. The van der Waals surface area contributed by atoms with Gasteiger partial charge in [-0.2, -0.15) is 0 Å². The van der Waals surface area contributed by atoms with Crippen LogP contribution in [-0.4, -0.2) is 102 Å². The monoisotopic (exact) mass is 572 g/mol. The highest BCUT2D eigenvalue weighted by Crippen LogP contribution is 2.62. The van der Waals surface area contributed by atoms with E-state index in [4.69, 9.17) is 14.6 Å². The summed E-state index contributed by atoms with van der Waals surface area (Å²) < 4.78 is 10.4. The van der Waals surface area contributed by atoms with Crippen LogP contribution in [0.15, 0.2) is 18.2 Å². The lowest BCUT2D eigenvalue weighted by Gasteiger charge is -2.53. The Morgan fingerprint density at radius 3 is 2.71 bits per heavy atom. The van der Waals surface area contributed by atoms with Crippen molar-refractivity contribution in [3.8, 4) is 5.75 Å². The molecule has 1 heterocycles. The number of carbonyl (C=O) groups excluding carboxylic acids is 1. The number of carbonyl (C=O) groups is 2. The van der Waals surface area contributed by atoms with Crippen molar-refractivity contribution in [3.63, 3.8) is 0 Å². The van der Waals surface area contributed by atoms with Crippen molar-refractivity contribution in [1.29, 1.82) is 0 Å². The summed E-state index contributed by atoms with van der Waals surface area (Å²) in [5.74, 6) is 1.75. The van der Waals surface area contributed by atoms with Crippen molar-refractivity contribution >= 4 is 11.9 Å². The summed E-state index contributed by atoms with van der Waals surface area (Å²) in [7, 11) is 0. The number of unbranched alkanes of at least 4 members (excludes halogenated alkanes) is 1. The molecule has 41 heavy (non-hydrogen) atoms. The minimum absolute atomic E-state index is 0.0348. The van der Waals surface area contributed by atoms with E-state index >= 15 is 0 Å². The summed E-state index contributed by atoms with van der Waals surface area (Å²) in [6.45, 7) is 6.45. The molecule has 9 nitrogen and oxygen atoms in total. The number of fused-ring (bicyclic) bond motifs is 5. The van der Waals surface area contributed by atoms with E-state index in [2.05, 4.69) is 17.9 Å². The smallest absolute Gasteiger partial charge is 0.329 e. The molecule has 5 rings (SSSR count). The maximum absolute atomic E-state index is 12.7. The fraction of sp³-hybridized carbons (Fsp3) is 0.750. The van der Waals surface area contributed by atoms with Crippen LogP contribution in [0.3, 0.4) is 0 Å². The number of aliphatic hydroxyl groups is 1. The topological polar surface area (TPSA) is 120 Å². The van der Waals surface area contributed by atoms with Gasteiger partial charge in [-0.15, -0.1) is 0 Å². The third kappa shape index (κ3) is 6.90. The van der Waals surface area contributed by atoms with Crippen LogP contribution in [0.2, 0.25) is 0 Å². The number of carboxylic acid groups (broad SMARTS) is 1. The fourth-order valence-electron chi connectivity index (χ4n) is 8.51. The molecule has 0 bridgehead atoms. The Morgan fingerprint density at radius 1 is 1.07 bits per heavy atom. The Morgan fingerprint density at radius 2 is 1.90 bits per heavy atom. The molecule has 228 valence electrons. The van der Waals surface area contributed by atoms with Crippen LogP contribution in [0.4, 0.5) is 0 Å². The maximum Gasteiger partial charge on any atom is 0.329 e. The van der Waals surface area contributed by atoms with E-state index < -0.39 is 5.97 Å². The van der Waals surface area contributed by atoms with Crippen molar-refractivity contribution in [2.75, 3.05) is 59.2 Å². The van der Waals surface area contributed by atoms with Crippen molar-refractivity contribution in [3.05, 3.63) is 29.3 Å². The number of phenolic OH excluding ortho intramolecular Hbond substituents is 1. The second-order valence-corrected chi connectivity index (χ2v) is 13.0. The van der Waals surface area contributed by atoms with Crippen LogP contribution >= 0.6 is 0 Å². The van der Waals surface area contributed by atoms with Gasteiger partial charge in [0.15, 0.2) is 0 Å². The molecule has 3 aliphatic carbocycles. The van der Waals surface area contributed by atoms with Crippen LogP contribution in [0.5, 0.6) is 5.75 Å². The van der Waals surface area contributed by atoms with Gasteiger partial charge in [-0.1, -0.05) is 19.4 Å². The predicted octanol–water partition coefficient (Wildman–Crippen LogP) is 3.27. The molecule has 4 aliphatic rings. The highest BCUT2D eigenvalue weighted by molar-refractivity contribution is 5.79. The Balaban J connectivity index is 1.07. The number of aliphatic carboxylic acids is 1. The number of ether oxygens (including phenoxy) is 2. The van der Waals surface area contributed by atoms with Crippen LogP contribution in [0.25, 0.3) is 0 Å². The van der Waals surface area contributed by atoms with Crippen molar-refractivity contribution in [2.24, 2.45) is 23.2 Å². The molecular weight excluding hydrogens is 524 g/mol. The first kappa shape index (κ1) is 30.3. The third-order valence-corrected chi connectivity index (χ3v) is 10.6.